The molecule has 1 saturated heterocycles. The maximum atomic E-state index is 12.4. The number of benzene rings is 2. The van der Waals surface area contributed by atoms with E-state index in [2.05, 4.69) is 15.9 Å². The highest BCUT2D eigenvalue weighted by Gasteiger charge is 2.37. The van der Waals surface area contributed by atoms with E-state index in [0.717, 1.165) is 4.47 Å². The Morgan fingerprint density at radius 3 is 2.61 bits per heavy atom. The van der Waals surface area contributed by atoms with Gasteiger partial charge in [0.25, 0.3) is 0 Å². The molecule has 0 bridgehead atoms. The van der Waals surface area contributed by atoms with E-state index in [0.29, 0.717) is 22.0 Å². The number of nitrogens with zero attached hydrogens (tertiary/aromatic N) is 1. The lowest BCUT2D eigenvalue weighted by Crippen LogP contribution is -2.27. The van der Waals surface area contributed by atoms with Gasteiger partial charge in [0.2, 0.25) is 5.91 Å². The number of rotatable bonds is 6. The van der Waals surface area contributed by atoms with Crippen molar-refractivity contribution in [1.29, 1.82) is 0 Å². The van der Waals surface area contributed by atoms with Gasteiger partial charge in [-0.1, -0.05) is 39.7 Å². The molecule has 0 aromatic heterocycles. The van der Waals surface area contributed by atoms with Crippen LogP contribution in [0.15, 0.2) is 46.9 Å². The molecule has 2 aromatic carbocycles. The number of amides is 1. The number of carbonyl (C=O) groups excluding carboxylic acids is 3. The third-order valence-electron chi connectivity index (χ3n) is 4.40. The number of hydrogen-bond acceptors (Lipinski definition) is 5. The average molecular weight is 467 g/mol. The van der Waals surface area contributed by atoms with Crippen LogP contribution >= 0.6 is 27.5 Å². The van der Waals surface area contributed by atoms with Crippen molar-refractivity contribution in [3.8, 4) is 5.75 Å². The highest BCUT2D eigenvalue weighted by molar-refractivity contribution is 9.10. The Hall–Kier alpha value is -2.38. The molecule has 0 radical (unpaired) electrons. The Morgan fingerprint density at radius 2 is 1.93 bits per heavy atom. The van der Waals surface area contributed by atoms with Crippen molar-refractivity contribution in [3.05, 3.63) is 57.5 Å². The van der Waals surface area contributed by atoms with E-state index in [-0.39, 0.29) is 31.3 Å². The SMILES string of the molecule is COc1ccc(Cl)cc1N1C[C@@H](C(=O)OCC(=O)c2ccc(Br)cc2)CC1=O. The number of carbonyl (C=O) groups is 3. The molecule has 0 aliphatic carbocycles. The van der Waals surface area contributed by atoms with Gasteiger partial charge >= 0.3 is 5.97 Å². The van der Waals surface area contributed by atoms with Crippen LogP contribution in [0.2, 0.25) is 5.02 Å². The van der Waals surface area contributed by atoms with Crippen molar-refractivity contribution in [1.82, 2.24) is 0 Å². The predicted molar refractivity (Wildman–Crippen MR) is 108 cm³/mol. The number of esters is 1. The quantitative estimate of drug-likeness (QED) is 0.477. The lowest BCUT2D eigenvalue weighted by Gasteiger charge is -2.19. The number of Topliss-reactive ketones (excluding diaryl/α,β-unsaturated/α-hetero) is 1. The van der Waals surface area contributed by atoms with Gasteiger partial charge in [-0.15, -0.1) is 0 Å². The molecule has 146 valence electrons. The first-order valence-corrected chi connectivity index (χ1v) is 9.65. The van der Waals surface area contributed by atoms with Gasteiger partial charge in [-0.3, -0.25) is 14.4 Å². The van der Waals surface area contributed by atoms with E-state index in [1.807, 2.05) is 0 Å². The zero-order valence-corrected chi connectivity index (χ0v) is 17.3. The summed E-state index contributed by atoms with van der Waals surface area (Å²) in [4.78, 5) is 38.4. The molecule has 1 fully saturated rings. The van der Waals surface area contributed by atoms with Gasteiger partial charge in [0.05, 0.1) is 18.7 Å². The minimum atomic E-state index is -0.658. The first-order valence-electron chi connectivity index (χ1n) is 8.48. The molecule has 1 atom stereocenters. The molecule has 0 N–H and O–H groups in total. The largest absolute Gasteiger partial charge is 0.495 e. The average Bonchev–Trinajstić information content (AvgIpc) is 3.08. The summed E-state index contributed by atoms with van der Waals surface area (Å²) in [5.74, 6) is -1.30. The summed E-state index contributed by atoms with van der Waals surface area (Å²) in [6, 6.07) is 11.7. The number of anilines is 1. The highest BCUT2D eigenvalue weighted by Crippen LogP contribution is 2.35. The Bertz CT molecular complexity index is 915. The van der Waals surface area contributed by atoms with Gasteiger partial charge in [-0.05, 0) is 30.3 Å². The van der Waals surface area contributed by atoms with Crippen molar-refractivity contribution in [2.75, 3.05) is 25.2 Å². The number of ketones is 1. The lowest BCUT2D eigenvalue weighted by molar-refractivity contribution is -0.147. The topological polar surface area (TPSA) is 72.9 Å². The third-order valence-corrected chi connectivity index (χ3v) is 5.17. The van der Waals surface area contributed by atoms with Gasteiger partial charge in [0.15, 0.2) is 12.4 Å². The molecular formula is C20H17BrClNO5. The van der Waals surface area contributed by atoms with Crippen molar-refractivity contribution in [2.24, 2.45) is 5.92 Å². The highest BCUT2D eigenvalue weighted by atomic mass is 79.9. The Morgan fingerprint density at radius 1 is 1.21 bits per heavy atom. The summed E-state index contributed by atoms with van der Waals surface area (Å²) in [6.45, 7) is -0.230. The van der Waals surface area contributed by atoms with Gasteiger partial charge in [0.1, 0.15) is 5.75 Å². The number of ether oxygens (including phenoxy) is 2. The molecule has 1 aliphatic rings. The van der Waals surface area contributed by atoms with Crippen molar-refractivity contribution in [2.45, 2.75) is 6.42 Å². The third kappa shape index (κ3) is 4.54. The second-order valence-corrected chi connectivity index (χ2v) is 7.61. The summed E-state index contributed by atoms with van der Waals surface area (Å²) in [7, 11) is 1.49. The molecule has 28 heavy (non-hydrogen) atoms. The van der Waals surface area contributed by atoms with Gasteiger partial charge in [0, 0.05) is 28.0 Å². The molecule has 1 aliphatic heterocycles. The van der Waals surface area contributed by atoms with Crippen molar-refractivity contribution >= 4 is 50.9 Å². The fourth-order valence-corrected chi connectivity index (χ4v) is 3.38. The second kappa shape index (κ2) is 8.75. The van der Waals surface area contributed by atoms with E-state index in [9.17, 15) is 14.4 Å². The summed E-state index contributed by atoms with van der Waals surface area (Å²) < 4.78 is 11.3. The molecule has 1 heterocycles. The molecule has 0 unspecified atom stereocenters. The first-order chi connectivity index (χ1) is 13.4. The second-order valence-electron chi connectivity index (χ2n) is 6.26. The van der Waals surface area contributed by atoms with Crippen LogP contribution in [-0.2, 0) is 14.3 Å². The number of halogens is 2. The first kappa shape index (κ1) is 20.4. The zero-order valence-electron chi connectivity index (χ0n) is 15.0. The van der Waals surface area contributed by atoms with Gasteiger partial charge < -0.3 is 14.4 Å². The number of hydrogen-bond donors (Lipinski definition) is 0. The van der Waals surface area contributed by atoms with Crippen LogP contribution in [0.1, 0.15) is 16.8 Å². The fraction of sp³-hybridized carbons (Fsp3) is 0.250. The molecule has 0 saturated carbocycles. The molecule has 3 rings (SSSR count). The van der Waals surface area contributed by atoms with E-state index >= 15 is 0 Å². The molecule has 0 spiro atoms. The van der Waals surface area contributed by atoms with Crippen LogP contribution in [0, 0.1) is 5.92 Å². The smallest absolute Gasteiger partial charge is 0.311 e. The maximum absolute atomic E-state index is 12.4. The standard InChI is InChI=1S/C20H17BrClNO5/c1-27-18-7-6-15(22)9-16(18)23-10-13(8-19(23)25)20(26)28-11-17(24)12-2-4-14(21)5-3-12/h2-7,9,13H,8,10-11H2,1H3/t13-/m0/s1. The van der Waals surface area contributed by atoms with E-state index < -0.39 is 11.9 Å². The normalized spacial score (nSPS) is 16.2. The van der Waals surface area contributed by atoms with Crippen LogP contribution < -0.4 is 9.64 Å². The fourth-order valence-electron chi connectivity index (χ4n) is 2.95. The summed E-state index contributed by atoms with van der Waals surface area (Å²) >= 11 is 9.32. The molecular weight excluding hydrogens is 450 g/mol. The minimum Gasteiger partial charge on any atom is -0.495 e. The lowest BCUT2D eigenvalue weighted by atomic mass is 10.1. The van der Waals surface area contributed by atoms with Crippen LogP contribution in [-0.4, -0.2) is 37.9 Å². The summed E-state index contributed by atoms with van der Waals surface area (Å²) in [5, 5.41) is 0.453. The van der Waals surface area contributed by atoms with E-state index in [1.54, 1.807) is 42.5 Å². The molecule has 1 amide bonds. The molecule has 2 aromatic rings. The summed E-state index contributed by atoms with van der Waals surface area (Å²) in [5.41, 5.74) is 0.949. The Balaban J connectivity index is 1.63. The van der Waals surface area contributed by atoms with Crippen molar-refractivity contribution in [3.63, 3.8) is 0 Å². The van der Waals surface area contributed by atoms with E-state index in [1.165, 1.54) is 12.0 Å². The number of methoxy groups -OCH3 is 1. The zero-order chi connectivity index (χ0) is 20.3. The summed E-state index contributed by atoms with van der Waals surface area (Å²) in [6.07, 6.45) is 0.000967. The minimum absolute atomic E-state index is 0.000967. The van der Waals surface area contributed by atoms with Crippen LogP contribution in [0.3, 0.4) is 0 Å². The van der Waals surface area contributed by atoms with Crippen LogP contribution in [0.4, 0.5) is 5.69 Å². The monoisotopic (exact) mass is 465 g/mol. The van der Waals surface area contributed by atoms with Gasteiger partial charge in [-0.25, -0.2) is 0 Å². The maximum Gasteiger partial charge on any atom is 0.311 e. The Labute approximate surface area is 175 Å². The predicted octanol–water partition coefficient (Wildman–Crippen LogP) is 3.89. The molecule has 8 heteroatoms. The Kier molecular flexibility index (Phi) is 6.36. The molecule has 6 nitrogen and oxygen atoms in total. The van der Waals surface area contributed by atoms with Crippen LogP contribution in [0.25, 0.3) is 0 Å². The van der Waals surface area contributed by atoms with Gasteiger partial charge in [-0.2, -0.15) is 0 Å². The van der Waals surface area contributed by atoms with Crippen molar-refractivity contribution < 1.29 is 23.9 Å². The van der Waals surface area contributed by atoms with Crippen LogP contribution in [0.5, 0.6) is 5.75 Å². The van der Waals surface area contributed by atoms with E-state index in [4.69, 9.17) is 21.1 Å².